The molecule has 20 heavy (non-hydrogen) atoms. The molecule has 2 rings (SSSR count). The van der Waals surface area contributed by atoms with E-state index in [0.717, 1.165) is 13.1 Å². The van der Waals surface area contributed by atoms with Crippen LogP contribution in [0.2, 0.25) is 0 Å². The zero-order valence-corrected chi connectivity index (χ0v) is 12.9. The van der Waals surface area contributed by atoms with E-state index in [2.05, 4.69) is 28.8 Å². The van der Waals surface area contributed by atoms with E-state index in [1.807, 2.05) is 0 Å². The fourth-order valence-electron chi connectivity index (χ4n) is 3.52. The molecule has 1 unspecified atom stereocenters. The molecule has 0 amide bonds. The predicted molar refractivity (Wildman–Crippen MR) is 80.0 cm³/mol. The van der Waals surface area contributed by atoms with E-state index in [0.29, 0.717) is 18.6 Å². The number of carbonyl (C=O) groups is 1. The van der Waals surface area contributed by atoms with Crippen LogP contribution in [0.5, 0.6) is 0 Å². The van der Waals surface area contributed by atoms with Gasteiger partial charge in [-0.2, -0.15) is 0 Å². The Kier molecular flexibility index (Phi) is 5.81. The number of piperidine rings is 2. The minimum atomic E-state index is -0.684. The lowest BCUT2D eigenvalue weighted by Gasteiger charge is -2.43. The molecule has 1 N–H and O–H groups in total. The van der Waals surface area contributed by atoms with Crippen LogP contribution in [-0.4, -0.2) is 84.7 Å². The smallest absolute Gasteiger partial charge is 0.304 e. The molecule has 0 aliphatic carbocycles. The van der Waals surface area contributed by atoms with E-state index in [9.17, 15) is 4.79 Å². The summed E-state index contributed by atoms with van der Waals surface area (Å²) in [5.74, 6) is -0.684. The van der Waals surface area contributed by atoms with Gasteiger partial charge in [0.15, 0.2) is 0 Å². The maximum Gasteiger partial charge on any atom is 0.304 e. The van der Waals surface area contributed by atoms with Gasteiger partial charge in [0.05, 0.1) is 6.42 Å². The Bertz CT molecular complexity index is 316. The van der Waals surface area contributed by atoms with Gasteiger partial charge in [0, 0.05) is 25.2 Å². The lowest BCUT2D eigenvalue weighted by atomic mass is 9.98. The summed E-state index contributed by atoms with van der Waals surface area (Å²) in [6, 6.07) is 1.31. The van der Waals surface area contributed by atoms with Crippen molar-refractivity contribution in [2.45, 2.75) is 44.2 Å². The molecule has 1 atom stereocenters. The van der Waals surface area contributed by atoms with Crippen molar-refractivity contribution in [2.75, 3.05) is 46.8 Å². The summed E-state index contributed by atoms with van der Waals surface area (Å²) in [6.07, 6.45) is 5.25. The van der Waals surface area contributed by atoms with Gasteiger partial charge in [-0.3, -0.25) is 9.69 Å². The molecular formula is C15H29N3O2. The Morgan fingerprint density at radius 3 is 2.55 bits per heavy atom. The van der Waals surface area contributed by atoms with E-state index in [4.69, 9.17) is 5.11 Å². The van der Waals surface area contributed by atoms with Crippen LogP contribution in [0.25, 0.3) is 0 Å². The maximum atomic E-state index is 10.7. The van der Waals surface area contributed by atoms with Gasteiger partial charge in [-0.05, 0) is 59.4 Å². The van der Waals surface area contributed by atoms with Gasteiger partial charge < -0.3 is 14.9 Å². The second kappa shape index (κ2) is 7.38. The van der Waals surface area contributed by atoms with Crippen LogP contribution in [0.4, 0.5) is 0 Å². The Balaban J connectivity index is 1.80. The number of likely N-dealkylation sites (N-methyl/N-ethyl adjacent to an activating group) is 1. The Morgan fingerprint density at radius 1 is 1.20 bits per heavy atom. The number of hydrogen-bond donors (Lipinski definition) is 1. The molecular weight excluding hydrogens is 254 g/mol. The molecule has 0 bridgehead atoms. The average Bonchev–Trinajstić information content (AvgIpc) is 2.45. The summed E-state index contributed by atoms with van der Waals surface area (Å²) in [7, 11) is 4.46. The molecule has 5 nitrogen and oxygen atoms in total. The van der Waals surface area contributed by atoms with Crippen molar-refractivity contribution in [1.82, 2.24) is 14.7 Å². The number of carboxylic acid groups (broad SMARTS) is 1. The quantitative estimate of drug-likeness (QED) is 0.814. The molecule has 0 aromatic carbocycles. The minimum absolute atomic E-state index is 0.269. The van der Waals surface area contributed by atoms with E-state index < -0.39 is 5.97 Å². The first-order valence-electron chi connectivity index (χ1n) is 7.91. The molecule has 2 aliphatic rings. The average molecular weight is 283 g/mol. The highest BCUT2D eigenvalue weighted by Crippen LogP contribution is 2.22. The first-order valence-corrected chi connectivity index (χ1v) is 7.91. The summed E-state index contributed by atoms with van der Waals surface area (Å²) >= 11 is 0. The van der Waals surface area contributed by atoms with Crippen LogP contribution in [0, 0.1) is 0 Å². The third kappa shape index (κ3) is 4.43. The molecule has 2 saturated heterocycles. The van der Waals surface area contributed by atoms with Crippen molar-refractivity contribution in [2.24, 2.45) is 0 Å². The highest BCUT2D eigenvalue weighted by atomic mass is 16.4. The van der Waals surface area contributed by atoms with Crippen LogP contribution in [-0.2, 0) is 4.79 Å². The molecule has 116 valence electrons. The molecule has 5 heteroatoms. The zero-order chi connectivity index (χ0) is 14.5. The minimum Gasteiger partial charge on any atom is -0.481 e. The standard InChI is InChI=1S/C15H29N3O2/c1-16-9-5-13(6-10-16)17(2)14-4-3-8-18(12-14)11-7-15(19)20/h13-14H,3-12H2,1-2H3,(H,19,20). The number of likely N-dealkylation sites (tertiary alicyclic amines) is 2. The highest BCUT2D eigenvalue weighted by molar-refractivity contribution is 5.66. The van der Waals surface area contributed by atoms with Crippen LogP contribution in [0.1, 0.15) is 32.1 Å². The van der Waals surface area contributed by atoms with Gasteiger partial charge in [-0.25, -0.2) is 0 Å². The third-order valence-electron chi connectivity index (χ3n) is 4.96. The van der Waals surface area contributed by atoms with Crippen LogP contribution in [0.3, 0.4) is 0 Å². The van der Waals surface area contributed by atoms with Gasteiger partial charge in [-0.1, -0.05) is 0 Å². The topological polar surface area (TPSA) is 47.0 Å². The zero-order valence-electron chi connectivity index (χ0n) is 12.9. The van der Waals surface area contributed by atoms with Gasteiger partial charge in [0.25, 0.3) is 0 Å². The number of aliphatic carboxylic acids is 1. The summed E-state index contributed by atoms with van der Waals surface area (Å²) in [6.45, 7) is 5.20. The fourth-order valence-corrected chi connectivity index (χ4v) is 3.52. The molecule has 2 heterocycles. The number of rotatable bonds is 5. The fraction of sp³-hybridized carbons (Fsp3) is 0.933. The first-order chi connectivity index (χ1) is 9.56. The Hall–Kier alpha value is -0.650. The van der Waals surface area contributed by atoms with Crippen molar-refractivity contribution in [1.29, 1.82) is 0 Å². The Morgan fingerprint density at radius 2 is 1.90 bits per heavy atom. The molecule has 0 saturated carbocycles. The van der Waals surface area contributed by atoms with E-state index >= 15 is 0 Å². The number of hydrogen-bond acceptors (Lipinski definition) is 4. The molecule has 2 fully saturated rings. The normalized spacial score (nSPS) is 27.1. The van der Waals surface area contributed by atoms with Gasteiger partial charge in [-0.15, -0.1) is 0 Å². The summed E-state index contributed by atoms with van der Waals surface area (Å²) < 4.78 is 0. The van der Waals surface area contributed by atoms with E-state index in [1.54, 1.807) is 0 Å². The van der Waals surface area contributed by atoms with Crippen molar-refractivity contribution in [3.05, 3.63) is 0 Å². The number of nitrogens with zero attached hydrogens (tertiary/aromatic N) is 3. The third-order valence-corrected chi connectivity index (χ3v) is 4.96. The summed E-state index contributed by atoms with van der Waals surface area (Å²) in [5, 5.41) is 8.81. The largest absolute Gasteiger partial charge is 0.481 e. The summed E-state index contributed by atoms with van der Waals surface area (Å²) in [4.78, 5) is 18.0. The van der Waals surface area contributed by atoms with Crippen LogP contribution >= 0.6 is 0 Å². The van der Waals surface area contributed by atoms with Gasteiger partial charge in [0.2, 0.25) is 0 Å². The molecule has 0 aromatic heterocycles. The predicted octanol–water partition coefficient (Wildman–Crippen LogP) is 0.952. The molecule has 2 aliphatic heterocycles. The monoisotopic (exact) mass is 283 g/mol. The molecule has 0 aromatic rings. The van der Waals surface area contributed by atoms with Crippen molar-refractivity contribution in [3.8, 4) is 0 Å². The summed E-state index contributed by atoms with van der Waals surface area (Å²) in [5.41, 5.74) is 0. The SMILES string of the molecule is CN1CCC(N(C)C2CCCN(CCC(=O)O)C2)CC1. The van der Waals surface area contributed by atoms with Gasteiger partial charge in [0.1, 0.15) is 0 Å². The van der Waals surface area contributed by atoms with Crippen LogP contribution < -0.4 is 0 Å². The van der Waals surface area contributed by atoms with E-state index in [1.165, 1.54) is 38.8 Å². The lowest BCUT2D eigenvalue weighted by Crippen LogP contribution is -2.52. The molecule has 0 spiro atoms. The van der Waals surface area contributed by atoms with Crippen molar-refractivity contribution < 1.29 is 9.90 Å². The van der Waals surface area contributed by atoms with E-state index in [-0.39, 0.29) is 6.42 Å². The second-order valence-corrected chi connectivity index (χ2v) is 6.44. The highest BCUT2D eigenvalue weighted by Gasteiger charge is 2.29. The second-order valence-electron chi connectivity index (χ2n) is 6.44. The lowest BCUT2D eigenvalue weighted by molar-refractivity contribution is -0.137. The van der Waals surface area contributed by atoms with Gasteiger partial charge >= 0.3 is 5.97 Å². The Labute approximate surface area is 122 Å². The number of carboxylic acids is 1. The first kappa shape index (κ1) is 15.7. The van der Waals surface area contributed by atoms with Crippen molar-refractivity contribution >= 4 is 5.97 Å². The maximum absolute atomic E-state index is 10.7. The molecule has 0 radical (unpaired) electrons. The van der Waals surface area contributed by atoms with Crippen molar-refractivity contribution in [3.63, 3.8) is 0 Å². The van der Waals surface area contributed by atoms with Crippen LogP contribution in [0.15, 0.2) is 0 Å².